The summed E-state index contributed by atoms with van der Waals surface area (Å²) in [6, 6.07) is 0. The van der Waals surface area contributed by atoms with E-state index in [1.165, 1.54) is 0 Å². The van der Waals surface area contributed by atoms with E-state index in [0.29, 0.717) is 30.8 Å². The molecule has 0 aliphatic carbocycles. The molecule has 0 N–H and O–H groups in total. The highest BCUT2D eigenvalue weighted by Crippen LogP contribution is 2.21. The zero-order chi connectivity index (χ0) is 17.9. The quantitative estimate of drug-likeness (QED) is 0.770. The van der Waals surface area contributed by atoms with Gasteiger partial charge in [0.1, 0.15) is 17.7 Å². The number of anilines is 1. The van der Waals surface area contributed by atoms with Crippen molar-refractivity contribution in [3.05, 3.63) is 28.8 Å². The van der Waals surface area contributed by atoms with E-state index < -0.39 is 0 Å². The molecule has 0 spiro atoms. The number of aromatic nitrogens is 4. The third-order valence-corrected chi connectivity index (χ3v) is 3.74. The summed E-state index contributed by atoms with van der Waals surface area (Å²) in [7, 11) is 1.96. The van der Waals surface area contributed by atoms with Gasteiger partial charge in [-0.25, -0.2) is 9.97 Å². The number of hydrogen-bond acceptors (Lipinski definition) is 7. The smallest absolute Gasteiger partial charge is 0.246 e. The van der Waals surface area contributed by atoms with Gasteiger partial charge < -0.3 is 14.2 Å². The van der Waals surface area contributed by atoms with E-state index >= 15 is 0 Å². The number of nitrogens with zero attached hydrogens (tertiary/aromatic N) is 5. The first-order chi connectivity index (χ1) is 11.3. The normalized spacial score (nSPS) is 12.7. The van der Waals surface area contributed by atoms with Crippen LogP contribution in [-0.4, -0.2) is 33.8 Å². The molecular formula is C17H27N5O2. The average Bonchev–Trinajstić information content (AvgIpc) is 2.96. The standard InChI is InChI=1S/C17H27N5O2/c1-10(2)9-23-13(5)16-20-15(24-21-16)8-22(7)17-11(3)12(4)18-14(6)19-17/h10,13H,8-9H2,1-7H3/t13-/m0/s1. The Morgan fingerprint density at radius 3 is 2.46 bits per heavy atom. The third-order valence-electron chi connectivity index (χ3n) is 3.74. The molecule has 7 nitrogen and oxygen atoms in total. The summed E-state index contributed by atoms with van der Waals surface area (Å²) < 4.78 is 11.1. The van der Waals surface area contributed by atoms with Gasteiger partial charge in [0.25, 0.3) is 0 Å². The Bertz CT molecular complexity index is 684. The van der Waals surface area contributed by atoms with Gasteiger partial charge in [0.05, 0.1) is 6.54 Å². The summed E-state index contributed by atoms with van der Waals surface area (Å²) in [6.07, 6.45) is -0.180. The van der Waals surface area contributed by atoms with Gasteiger partial charge in [-0.05, 0) is 33.6 Å². The molecule has 0 unspecified atom stereocenters. The first kappa shape index (κ1) is 18.3. The van der Waals surface area contributed by atoms with Crippen molar-refractivity contribution in [2.45, 2.75) is 54.2 Å². The summed E-state index contributed by atoms with van der Waals surface area (Å²) in [5.41, 5.74) is 2.03. The van der Waals surface area contributed by atoms with Crippen LogP contribution < -0.4 is 4.90 Å². The average molecular weight is 333 g/mol. The van der Waals surface area contributed by atoms with Crippen molar-refractivity contribution in [2.24, 2.45) is 5.92 Å². The molecule has 0 amide bonds. The Hall–Kier alpha value is -2.02. The van der Waals surface area contributed by atoms with Gasteiger partial charge in [-0.3, -0.25) is 0 Å². The second kappa shape index (κ2) is 7.70. The van der Waals surface area contributed by atoms with Crippen LogP contribution in [0.3, 0.4) is 0 Å². The predicted octanol–water partition coefficient (Wildman–Crippen LogP) is 3.15. The molecule has 0 aliphatic heterocycles. The van der Waals surface area contributed by atoms with E-state index in [9.17, 15) is 0 Å². The van der Waals surface area contributed by atoms with Gasteiger partial charge in [0.2, 0.25) is 5.89 Å². The number of aryl methyl sites for hydroxylation is 2. The maximum absolute atomic E-state index is 5.72. The van der Waals surface area contributed by atoms with Crippen LogP contribution in [0.2, 0.25) is 0 Å². The van der Waals surface area contributed by atoms with Crippen molar-refractivity contribution in [2.75, 3.05) is 18.6 Å². The summed E-state index contributed by atoms with van der Waals surface area (Å²) in [4.78, 5) is 15.3. The first-order valence-electron chi connectivity index (χ1n) is 8.25. The minimum absolute atomic E-state index is 0.180. The zero-order valence-corrected chi connectivity index (χ0v) is 15.6. The Morgan fingerprint density at radius 2 is 1.79 bits per heavy atom. The van der Waals surface area contributed by atoms with Crippen LogP contribution in [0.4, 0.5) is 5.82 Å². The minimum atomic E-state index is -0.180. The molecule has 24 heavy (non-hydrogen) atoms. The van der Waals surface area contributed by atoms with Crippen LogP contribution >= 0.6 is 0 Å². The van der Waals surface area contributed by atoms with Crippen molar-refractivity contribution in [3.8, 4) is 0 Å². The maximum atomic E-state index is 5.72. The Labute approximate surface area is 143 Å². The molecular weight excluding hydrogens is 306 g/mol. The number of hydrogen-bond donors (Lipinski definition) is 0. The largest absolute Gasteiger partial charge is 0.370 e. The van der Waals surface area contributed by atoms with Gasteiger partial charge in [0.15, 0.2) is 5.82 Å². The molecule has 2 rings (SSSR count). The van der Waals surface area contributed by atoms with Crippen LogP contribution in [0, 0.1) is 26.7 Å². The van der Waals surface area contributed by atoms with E-state index in [1.54, 1.807) is 0 Å². The Morgan fingerprint density at radius 1 is 1.08 bits per heavy atom. The van der Waals surface area contributed by atoms with Gasteiger partial charge in [-0.1, -0.05) is 19.0 Å². The lowest BCUT2D eigenvalue weighted by molar-refractivity contribution is 0.0402. The maximum Gasteiger partial charge on any atom is 0.246 e. The van der Waals surface area contributed by atoms with Crippen LogP contribution in [0.15, 0.2) is 4.52 Å². The van der Waals surface area contributed by atoms with Crippen molar-refractivity contribution < 1.29 is 9.26 Å². The van der Waals surface area contributed by atoms with E-state index in [0.717, 1.165) is 22.9 Å². The topological polar surface area (TPSA) is 77.2 Å². The molecule has 2 heterocycles. The fourth-order valence-electron chi connectivity index (χ4n) is 2.31. The van der Waals surface area contributed by atoms with Gasteiger partial charge in [-0.2, -0.15) is 4.98 Å². The molecule has 7 heteroatoms. The number of ether oxygens (including phenoxy) is 1. The zero-order valence-electron chi connectivity index (χ0n) is 15.6. The molecule has 0 bridgehead atoms. The molecule has 0 saturated heterocycles. The molecule has 0 aliphatic rings. The lowest BCUT2D eigenvalue weighted by Gasteiger charge is -2.19. The monoisotopic (exact) mass is 333 g/mol. The fourth-order valence-corrected chi connectivity index (χ4v) is 2.31. The van der Waals surface area contributed by atoms with E-state index in [-0.39, 0.29) is 6.10 Å². The SMILES string of the molecule is Cc1nc(C)c(C)c(N(C)Cc2nc([C@H](C)OCC(C)C)no2)n1. The molecule has 132 valence electrons. The summed E-state index contributed by atoms with van der Waals surface area (Å²) in [6.45, 7) is 13.2. The van der Waals surface area contributed by atoms with E-state index in [4.69, 9.17) is 9.26 Å². The summed E-state index contributed by atoms with van der Waals surface area (Å²) in [5, 5.41) is 4.03. The van der Waals surface area contributed by atoms with Crippen molar-refractivity contribution in [3.63, 3.8) is 0 Å². The Kier molecular flexibility index (Phi) is 5.88. The van der Waals surface area contributed by atoms with Crippen LogP contribution in [-0.2, 0) is 11.3 Å². The highest BCUT2D eigenvalue weighted by atomic mass is 16.5. The Balaban J connectivity index is 2.07. The predicted molar refractivity (Wildman–Crippen MR) is 91.9 cm³/mol. The summed E-state index contributed by atoms with van der Waals surface area (Å²) in [5.74, 6) is 3.22. The molecule has 1 atom stereocenters. The van der Waals surface area contributed by atoms with Crippen molar-refractivity contribution in [1.29, 1.82) is 0 Å². The van der Waals surface area contributed by atoms with Gasteiger partial charge >= 0.3 is 0 Å². The molecule has 0 saturated carbocycles. The fraction of sp³-hybridized carbons (Fsp3) is 0.647. The first-order valence-corrected chi connectivity index (χ1v) is 8.25. The van der Waals surface area contributed by atoms with E-state index in [2.05, 4.69) is 34.0 Å². The van der Waals surface area contributed by atoms with Crippen LogP contribution in [0.1, 0.15) is 55.7 Å². The van der Waals surface area contributed by atoms with Crippen LogP contribution in [0.25, 0.3) is 0 Å². The van der Waals surface area contributed by atoms with Crippen molar-refractivity contribution >= 4 is 5.82 Å². The molecule has 0 radical (unpaired) electrons. The van der Waals surface area contributed by atoms with Crippen LogP contribution in [0.5, 0.6) is 0 Å². The highest BCUT2D eigenvalue weighted by Gasteiger charge is 2.17. The minimum Gasteiger partial charge on any atom is -0.370 e. The molecule has 0 aromatic carbocycles. The third kappa shape index (κ3) is 4.50. The molecule has 0 fully saturated rings. The van der Waals surface area contributed by atoms with E-state index in [1.807, 2.05) is 39.6 Å². The lowest BCUT2D eigenvalue weighted by Crippen LogP contribution is -2.20. The second-order valence-electron chi connectivity index (χ2n) is 6.58. The second-order valence-corrected chi connectivity index (χ2v) is 6.58. The summed E-state index contributed by atoms with van der Waals surface area (Å²) >= 11 is 0. The number of rotatable bonds is 7. The molecule has 2 aromatic heterocycles. The highest BCUT2D eigenvalue weighted by molar-refractivity contribution is 5.47. The lowest BCUT2D eigenvalue weighted by atomic mass is 10.2. The van der Waals surface area contributed by atoms with Gasteiger partial charge in [0, 0.05) is 24.9 Å². The molecule has 2 aromatic rings. The van der Waals surface area contributed by atoms with Crippen molar-refractivity contribution in [1.82, 2.24) is 20.1 Å². The van der Waals surface area contributed by atoms with Gasteiger partial charge in [-0.15, -0.1) is 0 Å².